The van der Waals surface area contributed by atoms with Gasteiger partial charge in [-0.15, -0.1) is 0 Å². The second kappa shape index (κ2) is 41.9. The highest BCUT2D eigenvalue weighted by Gasteiger charge is 2.44. The zero-order valence-electron chi connectivity index (χ0n) is 39.2. The van der Waals surface area contributed by atoms with Crippen molar-refractivity contribution in [3.05, 3.63) is 12.2 Å². The summed E-state index contributed by atoms with van der Waals surface area (Å²) < 4.78 is 11.3. The SMILES string of the molecule is CCCCCCCCC/C=C\CCCCCCCCCC(=O)NC(COC1OC(CO)C(O)C(O)C1O)C(O)CCCCCCCCCCCCCCCCCCCCC. The molecular formula is C51H99NO8. The van der Waals surface area contributed by atoms with Crippen molar-refractivity contribution in [3.63, 3.8) is 0 Å². The predicted octanol–water partition coefficient (Wildman–Crippen LogP) is 11.7. The van der Waals surface area contributed by atoms with Crippen molar-refractivity contribution in [2.24, 2.45) is 0 Å². The van der Waals surface area contributed by atoms with E-state index in [0.29, 0.717) is 12.8 Å². The second-order valence-electron chi connectivity index (χ2n) is 18.3. The monoisotopic (exact) mass is 854 g/mol. The van der Waals surface area contributed by atoms with E-state index in [1.165, 1.54) is 186 Å². The Morgan fingerprint density at radius 1 is 0.550 bits per heavy atom. The molecule has 1 amide bonds. The lowest BCUT2D eigenvalue weighted by Crippen LogP contribution is -2.60. The number of unbranched alkanes of at least 4 members (excludes halogenated alkanes) is 32. The molecule has 1 aliphatic rings. The van der Waals surface area contributed by atoms with Crippen LogP contribution in [0.1, 0.15) is 251 Å². The fourth-order valence-corrected chi connectivity index (χ4v) is 8.45. The Morgan fingerprint density at radius 3 is 1.35 bits per heavy atom. The number of carbonyl (C=O) groups is 1. The van der Waals surface area contributed by atoms with Crippen LogP contribution in [0.3, 0.4) is 0 Å². The third kappa shape index (κ3) is 31.7. The van der Waals surface area contributed by atoms with Crippen molar-refractivity contribution in [2.75, 3.05) is 13.2 Å². The summed E-state index contributed by atoms with van der Waals surface area (Å²) in [6.07, 6.45) is 42.2. The van der Waals surface area contributed by atoms with Crippen LogP contribution in [0, 0.1) is 0 Å². The van der Waals surface area contributed by atoms with E-state index in [1.54, 1.807) is 0 Å². The number of nitrogens with one attached hydrogen (secondary N) is 1. The minimum atomic E-state index is -1.55. The molecule has 356 valence electrons. The number of aliphatic hydroxyl groups excluding tert-OH is 5. The van der Waals surface area contributed by atoms with Crippen LogP contribution in [-0.2, 0) is 14.3 Å². The maximum absolute atomic E-state index is 13.0. The number of aliphatic hydroxyl groups is 5. The molecular weight excluding hydrogens is 755 g/mol. The van der Waals surface area contributed by atoms with Gasteiger partial charge in [0.15, 0.2) is 6.29 Å². The first-order valence-electron chi connectivity index (χ1n) is 25.9. The molecule has 6 N–H and O–H groups in total. The lowest BCUT2D eigenvalue weighted by Gasteiger charge is -2.40. The molecule has 9 heteroatoms. The summed E-state index contributed by atoms with van der Waals surface area (Å²) >= 11 is 0. The standard InChI is InChI=1S/C51H99NO8/c1-3-5-7-9-11-13-15-17-19-21-23-24-26-28-30-32-34-36-38-40-45(54)44(43-59-51-50(58)49(57)48(56)46(42-53)60-51)52-47(55)41-39-37-35-33-31-29-27-25-22-20-18-16-14-12-10-8-6-4-2/h20,22,44-46,48-51,53-54,56-58H,3-19,21,23-43H2,1-2H3,(H,52,55)/b22-20-. The van der Waals surface area contributed by atoms with E-state index in [-0.39, 0.29) is 12.5 Å². The number of carbonyl (C=O) groups excluding carboxylic acids is 1. The lowest BCUT2D eigenvalue weighted by atomic mass is 9.99. The average Bonchev–Trinajstić information content (AvgIpc) is 3.25. The minimum absolute atomic E-state index is 0.136. The molecule has 7 unspecified atom stereocenters. The first-order chi connectivity index (χ1) is 29.3. The van der Waals surface area contributed by atoms with Gasteiger partial charge in [-0.1, -0.05) is 219 Å². The van der Waals surface area contributed by atoms with Gasteiger partial charge >= 0.3 is 0 Å². The molecule has 0 aliphatic carbocycles. The molecule has 0 bridgehead atoms. The number of amides is 1. The summed E-state index contributed by atoms with van der Waals surface area (Å²) in [6, 6.07) is -0.718. The molecule has 0 aromatic heterocycles. The Labute approximate surface area is 369 Å². The summed E-state index contributed by atoms with van der Waals surface area (Å²) in [7, 11) is 0. The van der Waals surface area contributed by atoms with Gasteiger partial charge in [-0.2, -0.15) is 0 Å². The Morgan fingerprint density at radius 2 is 0.933 bits per heavy atom. The van der Waals surface area contributed by atoms with Crippen molar-refractivity contribution in [2.45, 2.75) is 294 Å². The molecule has 0 aromatic rings. The van der Waals surface area contributed by atoms with Gasteiger partial charge in [0.25, 0.3) is 0 Å². The molecule has 7 atom stereocenters. The minimum Gasteiger partial charge on any atom is -0.394 e. The fourth-order valence-electron chi connectivity index (χ4n) is 8.45. The normalized spacial score (nSPS) is 20.6. The lowest BCUT2D eigenvalue weighted by molar-refractivity contribution is -0.302. The molecule has 60 heavy (non-hydrogen) atoms. The smallest absolute Gasteiger partial charge is 0.220 e. The summed E-state index contributed by atoms with van der Waals surface area (Å²) in [5, 5.41) is 54.5. The molecule has 0 radical (unpaired) electrons. The molecule has 1 aliphatic heterocycles. The molecule has 0 aromatic carbocycles. The van der Waals surface area contributed by atoms with E-state index in [9.17, 15) is 30.3 Å². The molecule has 1 rings (SSSR count). The van der Waals surface area contributed by atoms with E-state index in [1.807, 2.05) is 0 Å². The Kier molecular flexibility index (Phi) is 39.8. The van der Waals surface area contributed by atoms with Gasteiger partial charge in [-0.05, 0) is 38.5 Å². The van der Waals surface area contributed by atoms with Crippen molar-refractivity contribution < 1.29 is 39.8 Å². The van der Waals surface area contributed by atoms with Crippen molar-refractivity contribution in [1.29, 1.82) is 0 Å². The maximum Gasteiger partial charge on any atom is 0.220 e. The van der Waals surface area contributed by atoms with Crippen molar-refractivity contribution >= 4 is 5.91 Å². The van der Waals surface area contributed by atoms with Gasteiger partial charge in [0.1, 0.15) is 24.4 Å². The number of hydrogen-bond acceptors (Lipinski definition) is 8. The van der Waals surface area contributed by atoms with Crippen LogP contribution in [0.25, 0.3) is 0 Å². The first-order valence-corrected chi connectivity index (χ1v) is 25.9. The molecule has 0 saturated carbocycles. The van der Waals surface area contributed by atoms with Gasteiger partial charge in [-0.3, -0.25) is 4.79 Å². The van der Waals surface area contributed by atoms with E-state index < -0.39 is 49.5 Å². The van der Waals surface area contributed by atoms with Crippen LogP contribution in [0.4, 0.5) is 0 Å². The highest BCUT2D eigenvalue weighted by atomic mass is 16.7. The summed E-state index contributed by atoms with van der Waals surface area (Å²) in [5.41, 5.74) is 0. The summed E-state index contributed by atoms with van der Waals surface area (Å²) in [6.45, 7) is 3.86. The zero-order valence-corrected chi connectivity index (χ0v) is 39.2. The predicted molar refractivity (Wildman–Crippen MR) is 249 cm³/mol. The average molecular weight is 854 g/mol. The number of rotatable bonds is 44. The molecule has 0 spiro atoms. The topological polar surface area (TPSA) is 149 Å². The van der Waals surface area contributed by atoms with E-state index in [2.05, 4.69) is 31.3 Å². The number of ether oxygens (including phenoxy) is 2. The van der Waals surface area contributed by atoms with E-state index in [4.69, 9.17) is 9.47 Å². The van der Waals surface area contributed by atoms with Crippen LogP contribution in [-0.4, -0.2) is 87.5 Å². The van der Waals surface area contributed by atoms with Crippen LogP contribution >= 0.6 is 0 Å². The molecule has 1 fully saturated rings. The van der Waals surface area contributed by atoms with Gasteiger partial charge in [-0.25, -0.2) is 0 Å². The van der Waals surface area contributed by atoms with E-state index >= 15 is 0 Å². The van der Waals surface area contributed by atoms with Gasteiger partial charge in [0, 0.05) is 6.42 Å². The van der Waals surface area contributed by atoms with Gasteiger partial charge in [0.05, 0.1) is 25.4 Å². The van der Waals surface area contributed by atoms with Gasteiger partial charge in [0.2, 0.25) is 5.91 Å². The fraction of sp³-hybridized carbons (Fsp3) is 0.941. The van der Waals surface area contributed by atoms with E-state index in [0.717, 1.165) is 38.5 Å². The Balaban J connectivity index is 2.27. The Bertz CT molecular complexity index is 950. The summed E-state index contributed by atoms with van der Waals surface area (Å²) in [4.78, 5) is 13.0. The number of allylic oxidation sites excluding steroid dienone is 2. The summed E-state index contributed by atoms with van der Waals surface area (Å²) in [5.74, 6) is -0.145. The van der Waals surface area contributed by atoms with Crippen molar-refractivity contribution in [1.82, 2.24) is 5.32 Å². The Hall–Kier alpha value is -1.07. The molecule has 9 nitrogen and oxygen atoms in total. The highest BCUT2D eigenvalue weighted by molar-refractivity contribution is 5.76. The van der Waals surface area contributed by atoms with Crippen molar-refractivity contribution in [3.8, 4) is 0 Å². The third-order valence-electron chi connectivity index (χ3n) is 12.6. The van der Waals surface area contributed by atoms with Gasteiger partial charge < -0.3 is 40.3 Å². The first kappa shape index (κ1) is 56.9. The quantitative estimate of drug-likeness (QED) is 0.0262. The van der Waals surface area contributed by atoms with Crippen LogP contribution in [0.5, 0.6) is 0 Å². The maximum atomic E-state index is 13.0. The molecule has 1 saturated heterocycles. The van der Waals surface area contributed by atoms with Crippen LogP contribution in [0.2, 0.25) is 0 Å². The second-order valence-corrected chi connectivity index (χ2v) is 18.3. The van der Waals surface area contributed by atoms with Crippen LogP contribution < -0.4 is 5.32 Å². The zero-order chi connectivity index (χ0) is 43.7. The highest BCUT2D eigenvalue weighted by Crippen LogP contribution is 2.23. The third-order valence-corrected chi connectivity index (χ3v) is 12.6. The van der Waals surface area contributed by atoms with Crippen LogP contribution in [0.15, 0.2) is 12.2 Å². The molecule has 1 heterocycles. The number of hydrogen-bond donors (Lipinski definition) is 6. The largest absolute Gasteiger partial charge is 0.394 e.